The predicted molar refractivity (Wildman–Crippen MR) is 109 cm³/mol. The molecule has 0 aliphatic carbocycles. The Bertz CT molecular complexity index is 1150. The topological polar surface area (TPSA) is 88.4 Å². The van der Waals surface area contributed by atoms with E-state index in [-0.39, 0.29) is 23.9 Å². The van der Waals surface area contributed by atoms with Gasteiger partial charge in [0.05, 0.1) is 10.4 Å². The average molecular weight is 434 g/mol. The summed E-state index contributed by atoms with van der Waals surface area (Å²) >= 11 is 5.84. The highest BCUT2D eigenvalue weighted by molar-refractivity contribution is 7.89. The van der Waals surface area contributed by atoms with Gasteiger partial charge in [0.2, 0.25) is 10.0 Å². The van der Waals surface area contributed by atoms with E-state index in [4.69, 9.17) is 11.6 Å². The van der Waals surface area contributed by atoms with Crippen molar-refractivity contribution in [2.75, 3.05) is 26.2 Å². The molecule has 3 aromatic rings. The van der Waals surface area contributed by atoms with Crippen LogP contribution in [0.25, 0.3) is 11.0 Å². The summed E-state index contributed by atoms with van der Waals surface area (Å²) in [5.74, 6) is -0.138. The van der Waals surface area contributed by atoms with Crippen molar-refractivity contribution in [1.29, 1.82) is 0 Å². The molecule has 1 aliphatic heterocycles. The monoisotopic (exact) mass is 433 g/mol. The van der Waals surface area contributed by atoms with Crippen LogP contribution < -0.4 is 0 Å². The molecule has 1 aliphatic rings. The van der Waals surface area contributed by atoms with Crippen molar-refractivity contribution in [3.8, 4) is 0 Å². The first-order chi connectivity index (χ1) is 13.9. The molecule has 10 heteroatoms. The molecule has 0 saturated carbocycles. The molecule has 0 unspecified atom stereocenters. The van der Waals surface area contributed by atoms with E-state index in [2.05, 4.69) is 10.3 Å². The summed E-state index contributed by atoms with van der Waals surface area (Å²) in [5, 5.41) is 8.65. The molecule has 152 valence electrons. The number of amides is 1. The molecule has 2 heterocycles. The number of halogens is 1. The lowest BCUT2D eigenvalue weighted by Crippen LogP contribution is -2.50. The van der Waals surface area contributed by atoms with E-state index in [1.54, 1.807) is 33.8 Å². The van der Waals surface area contributed by atoms with Gasteiger partial charge < -0.3 is 4.90 Å². The van der Waals surface area contributed by atoms with Crippen molar-refractivity contribution >= 4 is 38.6 Å². The van der Waals surface area contributed by atoms with Crippen LogP contribution in [0.15, 0.2) is 47.4 Å². The zero-order chi connectivity index (χ0) is 20.6. The molecule has 1 fully saturated rings. The molecule has 0 spiro atoms. The van der Waals surface area contributed by atoms with Gasteiger partial charge in [-0.2, -0.15) is 4.31 Å². The lowest BCUT2D eigenvalue weighted by molar-refractivity contribution is 0.0698. The summed E-state index contributed by atoms with van der Waals surface area (Å²) in [6.07, 6.45) is 0. The van der Waals surface area contributed by atoms with Gasteiger partial charge in [0.1, 0.15) is 5.52 Å². The molecule has 0 radical (unpaired) electrons. The fourth-order valence-electron chi connectivity index (χ4n) is 3.41. The van der Waals surface area contributed by atoms with Crippen molar-refractivity contribution in [2.45, 2.75) is 18.4 Å². The molecule has 0 atom stereocenters. The van der Waals surface area contributed by atoms with E-state index in [9.17, 15) is 13.2 Å². The van der Waals surface area contributed by atoms with Gasteiger partial charge >= 0.3 is 0 Å². The number of sulfonamides is 1. The maximum atomic E-state index is 12.9. The molecule has 1 amide bonds. The molecule has 2 aromatic carbocycles. The van der Waals surface area contributed by atoms with Gasteiger partial charge in [0, 0.05) is 43.3 Å². The summed E-state index contributed by atoms with van der Waals surface area (Å²) in [6, 6.07) is 11.4. The first-order valence-electron chi connectivity index (χ1n) is 9.28. The van der Waals surface area contributed by atoms with E-state index < -0.39 is 10.0 Å². The maximum Gasteiger partial charge on any atom is 0.254 e. The number of carbonyl (C=O) groups is 1. The molecule has 1 saturated heterocycles. The highest BCUT2D eigenvalue weighted by atomic mass is 35.5. The first kappa shape index (κ1) is 19.8. The van der Waals surface area contributed by atoms with Crippen molar-refractivity contribution in [1.82, 2.24) is 24.2 Å². The quantitative estimate of drug-likeness (QED) is 0.629. The second-order valence-electron chi connectivity index (χ2n) is 6.76. The minimum absolute atomic E-state index is 0.138. The van der Waals surface area contributed by atoms with Crippen LogP contribution in [0.5, 0.6) is 0 Å². The Morgan fingerprint density at radius 3 is 2.41 bits per heavy atom. The molecule has 29 heavy (non-hydrogen) atoms. The number of rotatable bonds is 4. The molecule has 1 aromatic heterocycles. The average Bonchev–Trinajstić information content (AvgIpc) is 3.16. The third-order valence-electron chi connectivity index (χ3n) is 5.04. The van der Waals surface area contributed by atoms with E-state index in [0.29, 0.717) is 35.7 Å². The highest BCUT2D eigenvalue weighted by Crippen LogP contribution is 2.21. The van der Waals surface area contributed by atoms with Gasteiger partial charge in [-0.3, -0.25) is 4.79 Å². The number of fused-ring (bicyclic) bond motifs is 1. The van der Waals surface area contributed by atoms with Crippen LogP contribution in [0, 0.1) is 0 Å². The number of hydrogen-bond acceptors (Lipinski definition) is 5. The van der Waals surface area contributed by atoms with Gasteiger partial charge in [-0.15, -0.1) is 5.10 Å². The van der Waals surface area contributed by atoms with Gasteiger partial charge in [-0.25, -0.2) is 13.1 Å². The number of benzene rings is 2. The summed E-state index contributed by atoms with van der Waals surface area (Å²) in [6.45, 7) is 3.81. The van der Waals surface area contributed by atoms with E-state index in [1.165, 1.54) is 16.4 Å². The number of nitrogens with zero attached hydrogens (tertiary/aromatic N) is 5. The Morgan fingerprint density at radius 1 is 1.07 bits per heavy atom. The Balaban J connectivity index is 1.46. The molecule has 0 bridgehead atoms. The Hall–Kier alpha value is -2.49. The second-order valence-corrected chi connectivity index (χ2v) is 9.13. The number of aryl methyl sites for hydroxylation is 1. The van der Waals surface area contributed by atoms with Gasteiger partial charge in [0.25, 0.3) is 5.91 Å². The van der Waals surface area contributed by atoms with Crippen LogP contribution >= 0.6 is 11.6 Å². The van der Waals surface area contributed by atoms with Crippen LogP contribution in [-0.2, 0) is 16.6 Å². The van der Waals surface area contributed by atoms with Crippen LogP contribution in [0.2, 0.25) is 5.02 Å². The maximum absolute atomic E-state index is 12.9. The minimum Gasteiger partial charge on any atom is -0.336 e. The minimum atomic E-state index is -3.61. The SMILES string of the molecule is CCn1nnc2cc(C(=O)N3CCN(S(=O)(=O)c4ccc(Cl)cc4)CC3)ccc21. The summed E-state index contributed by atoms with van der Waals surface area (Å²) in [4.78, 5) is 14.7. The van der Waals surface area contributed by atoms with E-state index in [0.717, 1.165) is 5.52 Å². The van der Waals surface area contributed by atoms with E-state index in [1.807, 2.05) is 13.0 Å². The molecule has 8 nitrogen and oxygen atoms in total. The zero-order valence-electron chi connectivity index (χ0n) is 15.8. The molecule has 4 rings (SSSR count). The first-order valence-corrected chi connectivity index (χ1v) is 11.1. The summed E-state index contributed by atoms with van der Waals surface area (Å²) < 4.78 is 28.7. The largest absolute Gasteiger partial charge is 0.336 e. The fraction of sp³-hybridized carbons (Fsp3) is 0.316. The summed E-state index contributed by atoms with van der Waals surface area (Å²) in [5.41, 5.74) is 2.07. The Kier molecular flexibility index (Phi) is 5.28. The normalized spacial score (nSPS) is 15.7. The smallest absolute Gasteiger partial charge is 0.254 e. The zero-order valence-corrected chi connectivity index (χ0v) is 17.4. The van der Waals surface area contributed by atoms with Gasteiger partial charge in [-0.1, -0.05) is 16.8 Å². The van der Waals surface area contributed by atoms with Crippen LogP contribution in [0.3, 0.4) is 0 Å². The lowest BCUT2D eigenvalue weighted by Gasteiger charge is -2.34. The predicted octanol–water partition coefficient (Wildman–Crippen LogP) is 2.25. The third-order valence-corrected chi connectivity index (χ3v) is 7.20. The second kappa shape index (κ2) is 7.74. The van der Waals surface area contributed by atoms with Crippen molar-refractivity contribution in [2.24, 2.45) is 0 Å². The van der Waals surface area contributed by atoms with Crippen molar-refractivity contribution < 1.29 is 13.2 Å². The van der Waals surface area contributed by atoms with Crippen LogP contribution in [-0.4, -0.2) is 64.7 Å². The lowest BCUT2D eigenvalue weighted by atomic mass is 10.1. The van der Waals surface area contributed by atoms with Crippen LogP contribution in [0.4, 0.5) is 0 Å². The number of hydrogen-bond donors (Lipinski definition) is 0. The fourth-order valence-corrected chi connectivity index (χ4v) is 4.96. The number of piperazine rings is 1. The highest BCUT2D eigenvalue weighted by Gasteiger charge is 2.30. The van der Waals surface area contributed by atoms with Gasteiger partial charge in [0.15, 0.2) is 0 Å². The molecular formula is C19H20ClN5O3S. The third kappa shape index (κ3) is 3.73. The number of aromatic nitrogens is 3. The molecule has 0 N–H and O–H groups in total. The van der Waals surface area contributed by atoms with Crippen molar-refractivity contribution in [3.05, 3.63) is 53.1 Å². The van der Waals surface area contributed by atoms with Crippen LogP contribution in [0.1, 0.15) is 17.3 Å². The van der Waals surface area contributed by atoms with Gasteiger partial charge in [-0.05, 0) is 49.4 Å². The molecular weight excluding hydrogens is 414 g/mol. The Morgan fingerprint density at radius 2 is 1.76 bits per heavy atom. The standard InChI is InChI=1S/C19H20ClN5O3S/c1-2-25-18-8-3-14(13-17(18)21-22-25)19(26)23-9-11-24(12-10-23)29(27,28)16-6-4-15(20)5-7-16/h3-8,13H,2,9-12H2,1H3. The Labute approximate surface area is 173 Å². The summed E-state index contributed by atoms with van der Waals surface area (Å²) in [7, 11) is -3.61. The van der Waals surface area contributed by atoms with E-state index >= 15 is 0 Å². The number of carbonyl (C=O) groups excluding carboxylic acids is 1. The van der Waals surface area contributed by atoms with Crippen molar-refractivity contribution in [3.63, 3.8) is 0 Å².